The molecule has 0 bridgehead atoms. The normalized spacial score (nSPS) is 11.2. The lowest BCUT2D eigenvalue weighted by atomic mass is 10.1. The second-order valence-electron chi connectivity index (χ2n) is 6.27. The summed E-state index contributed by atoms with van der Waals surface area (Å²) >= 11 is 0. The van der Waals surface area contributed by atoms with Crippen LogP contribution in [0.5, 0.6) is 0 Å². The number of para-hydroxylation sites is 1. The van der Waals surface area contributed by atoms with Crippen LogP contribution in [0.3, 0.4) is 0 Å². The van der Waals surface area contributed by atoms with Crippen LogP contribution in [0.2, 0.25) is 0 Å². The van der Waals surface area contributed by atoms with Crippen molar-refractivity contribution in [3.8, 4) is 0 Å². The standard InChI is InChI=1S/C21H26N4.HI/c1-16-7-9-17(10-8-16)11-13-23-21(22-2)24-14-12-18-15-25-20-6-4-3-5-19(18)20;/h3-10,15,25H,11-14H2,1-2H3,(H2,22,23,24);1H. The van der Waals surface area contributed by atoms with E-state index in [9.17, 15) is 0 Å². The van der Waals surface area contributed by atoms with E-state index in [0.29, 0.717) is 0 Å². The molecule has 0 saturated carbocycles. The third kappa shape index (κ3) is 5.49. The highest BCUT2D eigenvalue weighted by molar-refractivity contribution is 14.0. The first-order chi connectivity index (χ1) is 12.3. The molecule has 26 heavy (non-hydrogen) atoms. The van der Waals surface area contributed by atoms with Crippen molar-refractivity contribution >= 4 is 40.8 Å². The lowest BCUT2D eigenvalue weighted by Gasteiger charge is -2.12. The Morgan fingerprint density at radius 1 is 0.962 bits per heavy atom. The van der Waals surface area contributed by atoms with E-state index in [-0.39, 0.29) is 24.0 Å². The number of aromatic amines is 1. The number of hydrogen-bond acceptors (Lipinski definition) is 1. The molecule has 3 N–H and O–H groups in total. The first-order valence-electron chi connectivity index (χ1n) is 8.81. The Kier molecular flexibility index (Phi) is 7.97. The van der Waals surface area contributed by atoms with Gasteiger partial charge in [-0.25, -0.2) is 0 Å². The highest BCUT2D eigenvalue weighted by Crippen LogP contribution is 2.17. The van der Waals surface area contributed by atoms with E-state index >= 15 is 0 Å². The summed E-state index contributed by atoms with van der Waals surface area (Å²) in [4.78, 5) is 7.62. The number of benzene rings is 2. The molecule has 3 rings (SSSR count). The van der Waals surface area contributed by atoms with Gasteiger partial charge in [-0.2, -0.15) is 0 Å². The molecule has 0 amide bonds. The summed E-state index contributed by atoms with van der Waals surface area (Å²) < 4.78 is 0. The van der Waals surface area contributed by atoms with E-state index in [4.69, 9.17) is 0 Å². The number of rotatable bonds is 6. The number of nitrogens with one attached hydrogen (secondary N) is 3. The number of halogens is 1. The van der Waals surface area contributed by atoms with E-state index in [2.05, 4.69) is 82.3 Å². The van der Waals surface area contributed by atoms with Crippen LogP contribution in [0.25, 0.3) is 10.9 Å². The number of aliphatic imine (C=N–C) groups is 1. The molecule has 138 valence electrons. The lowest BCUT2D eigenvalue weighted by Crippen LogP contribution is -2.39. The molecule has 0 aliphatic carbocycles. The summed E-state index contributed by atoms with van der Waals surface area (Å²) in [7, 11) is 1.81. The van der Waals surface area contributed by atoms with E-state index in [1.165, 1.54) is 27.6 Å². The van der Waals surface area contributed by atoms with Gasteiger partial charge in [0.25, 0.3) is 0 Å². The van der Waals surface area contributed by atoms with Gasteiger partial charge in [-0.05, 0) is 37.0 Å². The van der Waals surface area contributed by atoms with Crippen molar-refractivity contribution in [3.05, 3.63) is 71.4 Å². The molecule has 4 nitrogen and oxygen atoms in total. The quantitative estimate of drug-likeness (QED) is 0.294. The van der Waals surface area contributed by atoms with E-state index < -0.39 is 0 Å². The number of nitrogens with zero attached hydrogens (tertiary/aromatic N) is 1. The number of hydrogen-bond donors (Lipinski definition) is 3. The molecule has 0 aliphatic rings. The molecule has 0 fully saturated rings. The van der Waals surface area contributed by atoms with E-state index in [0.717, 1.165) is 31.9 Å². The summed E-state index contributed by atoms with van der Waals surface area (Å²) in [5.74, 6) is 0.854. The fourth-order valence-electron chi connectivity index (χ4n) is 2.95. The third-order valence-electron chi connectivity index (χ3n) is 4.41. The fourth-order valence-corrected chi connectivity index (χ4v) is 2.95. The van der Waals surface area contributed by atoms with Gasteiger partial charge in [0.15, 0.2) is 5.96 Å². The molecule has 0 unspecified atom stereocenters. The van der Waals surface area contributed by atoms with Crippen LogP contribution in [0.15, 0.2) is 59.7 Å². The van der Waals surface area contributed by atoms with Gasteiger partial charge in [0.05, 0.1) is 0 Å². The summed E-state index contributed by atoms with van der Waals surface area (Å²) in [6, 6.07) is 17.1. The van der Waals surface area contributed by atoms with Crippen LogP contribution in [-0.2, 0) is 12.8 Å². The first-order valence-corrected chi connectivity index (χ1v) is 8.81. The maximum Gasteiger partial charge on any atom is 0.190 e. The van der Waals surface area contributed by atoms with E-state index in [1.54, 1.807) is 0 Å². The minimum Gasteiger partial charge on any atom is -0.361 e. The number of guanidine groups is 1. The number of aryl methyl sites for hydroxylation is 1. The zero-order valence-corrected chi connectivity index (χ0v) is 17.7. The number of aromatic nitrogens is 1. The number of fused-ring (bicyclic) bond motifs is 1. The molecule has 2 aromatic carbocycles. The summed E-state index contributed by atoms with van der Waals surface area (Å²) in [6.45, 7) is 3.84. The highest BCUT2D eigenvalue weighted by atomic mass is 127. The molecule has 0 atom stereocenters. The maximum absolute atomic E-state index is 4.30. The first kappa shape index (κ1) is 20.3. The summed E-state index contributed by atoms with van der Waals surface area (Å²) in [5, 5.41) is 8.07. The molecule has 0 saturated heterocycles. The van der Waals surface area contributed by atoms with Gasteiger partial charge in [-0.1, -0.05) is 48.0 Å². The molecule has 0 radical (unpaired) electrons. The van der Waals surface area contributed by atoms with Crippen molar-refractivity contribution < 1.29 is 0 Å². The largest absolute Gasteiger partial charge is 0.361 e. The van der Waals surface area contributed by atoms with Gasteiger partial charge in [0.1, 0.15) is 0 Å². The zero-order valence-electron chi connectivity index (χ0n) is 15.4. The second kappa shape index (κ2) is 10.2. The molecule has 5 heteroatoms. The molecule has 1 heterocycles. The fraction of sp³-hybridized carbons (Fsp3) is 0.286. The van der Waals surface area contributed by atoms with E-state index in [1.807, 2.05) is 7.05 Å². The smallest absolute Gasteiger partial charge is 0.190 e. The van der Waals surface area contributed by atoms with Crippen LogP contribution in [0, 0.1) is 6.92 Å². The Labute approximate surface area is 172 Å². The average Bonchev–Trinajstić information content (AvgIpc) is 3.05. The average molecular weight is 462 g/mol. The van der Waals surface area contributed by atoms with Crippen LogP contribution in [0.1, 0.15) is 16.7 Å². The molecular weight excluding hydrogens is 435 g/mol. The third-order valence-corrected chi connectivity index (χ3v) is 4.41. The molecule has 0 aliphatic heterocycles. The van der Waals surface area contributed by atoms with Gasteiger partial charge in [-0.3, -0.25) is 4.99 Å². The topological polar surface area (TPSA) is 52.2 Å². The van der Waals surface area contributed by atoms with Crippen LogP contribution < -0.4 is 10.6 Å². The summed E-state index contributed by atoms with van der Waals surface area (Å²) in [6.07, 6.45) is 4.05. The van der Waals surface area contributed by atoms with Crippen molar-refractivity contribution in [1.82, 2.24) is 15.6 Å². The highest BCUT2D eigenvalue weighted by Gasteiger charge is 2.03. The monoisotopic (exact) mass is 462 g/mol. The Morgan fingerprint density at radius 3 is 2.38 bits per heavy atom. The molecule has 1 aromatic heterocycles. The van der Waals surface area contributed by atoms with Gasteiger partial charge in [-0.15, -0.1) is 24.0 Å². The van der Waals surface area contributed by atoms with Crippen LogP contribution in [0.4, 0.5) is 0 Å². The minimum atomic E-state index is 0. The van der Waals surface area contributed by atoms with Gasteiger partial charge >= 0.3 is 0 Å². The Hall–Kier alpha value is -2.02. The predicted octanol–water partition coefficient (Wildman–Crippen LogP) is 4.04. The van der Waals surface area contributed by atoms with Crippen molar-refractivity contribution in [1.29, 1.82) is 0 Å². The van der Waals surface area contributed by atoms with Crippen molar-refractivity contribution in [2.45, 2.75) is 19.8 Å². The van der Waals surface area contributed by atoms with Crippen molar-refractivity contribution in [3.63, 3.8) is 0 Å². The lowest BCUT2D eigenvalue weighted by molar-refractivity contribution is 0.785. The second-order valence-corrected chi connectivity index (χ2v) is 6.27. The SMILES string of the molecule is CN=C(NCCc1ccc(C)cc1)NCCc1c[nH]c2ccccc12.I. The van der Waals surface area contributed by atoms with Gasteiger partial charge < -0.3 is 15.6 Å². The predicted molar refractivity (Wildman–Crippen MR) is 122 cm³/mol. The maximum atomic E-state index is 4.30. The Balaban J connectivity index is 0.00000243. The molecule has 0 spiro atoms. The molecule has 3 aromatic rings. The Bertz CT molecular complexity index is 837. The Morgan fingerprint density at radius 2 is 1.65 bits per heavy atom. The van der Waals surface area contributed by atoms with Gasteiger partial charge in [0, 0.05) is 37.2 Å². The van der Waals surface area contributed by atoms with Crippen LogP contribution >= 0.6 is 24.0 Å². The zero-order chi connectivity index (χ0) is 17.5. The van der Waals surface area contributed by atoms with Gasteiger partial charge in [0.2, 0.25) is 0 Å². The summed E-state index contributed by atoms with van der Waals surface area (Å²) in [5.41, 5.74) is 5.16. The van der Waals surface area contributed by atoms with Crippen LogP contribution in [-0.4, -0.2) is 31.1 Å². The van der Waals surface area contributed by atoms with Crippen molar-refractivity contribution in [2.24, 2.45) is 4.99 Å². The van der Waals surface area contributed by atoms with Crippen molar-refractivity contribution in [2.75, 3.05) is 20.1 Å². The minimum absolute atomic E-state index is 0. The number of H-pyrrole nitrogens is 1. The molecular formula is C21H27IN4.